The van der Waals surface area contributed by atoms with E-state index in [2.05, 4.69) is 9.55 Å². The fraction of sp³-hybridized carbons (Fsp3) is 0.474. The van der Waals surface area contributed by atoms with Crippen molar-refractivity contribution in [2.45, 2.75) is 46.4 Å². The number of nitrogens with zero attached hydrogens (tertiary/aromatic N) is 3. The zero-order valence-electron chi connectivity index (χ0n) is 14.6. The van der Waals surface area contributed by atoms with Gasteiger partial charge in [0.15, 0.2) is 6.10 Å². The first-order valence-electron chi connectivity index (χ1n) is 8.55. The van der Waals surface area contributed by atoms with E-state index in [1.165, 1.54) is 0 Å². The van der Waals surface area contributed by atoms with Crippen molar-refractivity contribution >= 4 is 5.91 Å². The van der Waals surface area contributed by atoms with E-state index in [4.69, 9.17) is 4.74 Å². The van der Waals surface area contributed by atoms with Crippen molar-refractivity contribution in [3.8, 4) is 5.75 Å². The van der Waals surface area contributed by atoms with Crippen LogP contribution in [0.3, 0.4) is 0 Å². The van der Waals surface area contributed by atoms with Gasteiger partial charge < -0.3 is 14.2 Å². The molecule has 1 aliphatic heterocycles. The number of hydrogen-bond acceptors (Lipinski definition) is 3. The Hall–Kier alpha value is -2.30. The summed E-state index contributed by atoms with van der Waals surface area (Å²) in [6.07, 6.45) is 4.15. The number of fused-ring (bicyclic) bond motifs is 1. The van der Waals surface area contributed by atoms with Gasteiger partial charge in [0.05, 0.1) is 18.6 Å². The first kappa shape index (κ1) is 16.6. The molecule has 0 saturated carbocycles. The Morgan fingerprint density at radius 3 is 2.88 bits per heavy atom. The van der Waals surface area contributed by atoms with Gasteiger partial charge >= 0.3 is 0 Å². The molecular formula is C19H25N3O2. The Kier molecular flexibility index (Phi) is 4.88. The first-order valence-corrected chi connectivity index (χ1v) is 8.55. The molecule has 0 radical (unpaired) electrons. The number of aryl methyl sites for hydroxylation is 2. The Balaban J connectivity index is 1.77. The molecule has 2 heterocycles. The molecule has 0 bridgehead atoms. The summed E-state index contributed by atoms with van der Waals surface area (Å²) in [5.41, 5.74) is 2.21. The molecule has 1 aromatic carbocycles. The fourth-order valence-corrected chi connectivity index (χ4v) is 3.06. The summed E-state index contributed by atoms with van der Waals surface area (Å²) in [4.78, 5) is 19.2. The third-order valence-corrected chi connectivity index (χ3v) is 4.39. The number of imidazole rings is 1. The molecule has 0 fully saturated rings. The van der Waals surface area contributed by atoms with Crippen LogP contribution in [0.15, 0.2) is 36.8 Å². The predicted molar refractivity (Wildman–Crippen MR) is 92.7 cm³/mol. The third kappa shape index (κ3) is 3.61. The normalized spacial score (nSPS) is 15.8. The zero-order chi connectivity index (χ0) is 17.1. The molecular weight excluding hydrogens is 302 g/mol. The third-order valence-electron chi connectivity index (χ3n) is 4.39. The number of carbonyl (C=O) groups excluding carboxylic acids is 1. The van der Waals surface area contributed by atoms with Crippen LogP contribution in [0.5, 0.6) is 5.75 Å². The summed E-state index contributed by atoms with van der Waals surface area (Å²) in [6.45, 7) is 8.33. The summed E-state index contributed by atoms with van der Waals surface area (Å²) in [6, 6.07) is 7.86. The summed E-state index contributed by atoms with van der Waals surface area (Å²) in [7, 11) is 0. The van der Waals surface area contributed by atoms with E-state index in [9.17, 15) is 4.79 Å². The van der Waals surface area contributed by atoms with E-state index in [0.29, 0.717) is 6.54 Å². The molecule has 128 valence electrons. The molecule has 0 N–H and O–H groups in total. The van der Waals surface area contributed by atoms with Crippen molar-refractivity contribution in [3.05, 3.63) is 48.0 Å². The highest BCUT2D eigenvalue weighted by Crippen LogP contribution is 2.21. The average molecular weight is 327 g/mol. The van der Waals surface area contributed by atoms with Gasteiger partial charge in [-0.25, -0.2) is 4.98 Å². The largest absolute Gasteiger partial charge is 0.480 e. The average Bonchev–Trinajstić information content (AvgIpc) is 2.88. The maximum atomic E-state index is 13.1. The second kappa shape index (κ2) is 7.07. The molecule has 1 aliphatic rings. The Labute approximate surface area is 143 Å². The van der Waals surface area contributed by atoms with Gasteiger partial charge in [-0.1, -0.05) is 26.0 Å². The number of rotatable bonds is 4. The minimum Gasteiger partial charge on any atom is -0.480 e. The van der Waals surface area contributed by atoms with Crippen LogP contribution in [0.2, 0.25) is 0 Å². The Bertz CT molecular complexity index is 708. The van der Waals surface area contributed by atoms with Crippen LogP contribution in [0.1, 0.15) is 31.5 Å². The van der Waals surface area contributed by atoms with Gasteiger partial charge in [0.2, 0.25) is 0 Å². The monoisotopic (exact) mass is 327 g/mol. The lowest BCUT2D eigenvalue weighted by molar-refractivity contribution is -0.141. The van der Waals surface area contributed by atoms with Gasteiger partial charge in [-0.05, 0) is 37.0 Å². The standard InChI is InChI=1S/C19H25N3O2/c1-14(2)18(24-17-7-4-6-15(3)10-17)19(23)21-8-5-9-22-13-20-11-16(22)12-21/h4,6-7,10-11,13-14,18H,5,8-9,12H2,1-3H3/t18-/m0/s1. The summed E-state index contributed by atoms with van der Waals surface area (Å²) >= 11 is 0. The van der Waals surface area contributed by atoms with Crippen molar-refractivity contribution in [1.82, 2.24) is 14.5 Å². The Morgan fingerprint density at radius 1 is 1.29 bits per heavy atom. The van der Waals surface area contributed by atoms with Crippen molar-refractivity contribution in [3.63, 3.8) is 0 Å². The number of aromatic nitrogens is 2. The van der Waals surface area contributed by atoms with Crippen LogP contribution in [0.25, 0.3) is 0 Å². The van der Waals surface area contributed by atoms with Gasteiger partial charge in [-0.15, -0.1) is 0 Å². The van der Waals surface area contributed by atoms with Crippen LogP contribution >= 0.6 is 0 Å². The molecule has 5 nitrogen and oxygen atoms in total. The number of carbonyl (C=O) groups is 1. The van der Waals surface area contributed by atoms with Gasteiger partial charge in [-0.3, -0.25) is 4.79 Å². The van der Waals surface area contributed by atoms with E-state index in [1.807, 2.05) is 62.5 Å². The molecule has 2 aromatic rings. The zero-order valence-corrected chi connectivity index (χ0v) is 14.6. The molecule has 1 aromatic heterocycles. The van der Waals surface area contributed by atoms with Crippen molar-refractivity contribution < 1.29 is 9.53 Å². The van der Waals surface area contributed by atoms with Crippen LogP contribution < -0.4 is 4.74 Å². The lowest BCUT2D eigenvalue weighted by Gasteiger charge is -2.28. The van der Waals surface area contributed by atoms with Crippen molar-refractivity contribution in [2.75, 3.05) is 6.54 Å². The highest BCUT2D eigenvalue weighted by atomic mass is 16.5. The predicted octanol–water partition coefficient (Wildman–Crippen LogP) is 3.03. The smallest absolute Gasteiger partial charge is 0.264 e. The molecule has 0 unspecified atom stereocenters. The van der Waals surface area contributed by atoms with E-state index in [-0.39, 0.29) is 11.8 Å². The van der Waals surface area contributed by atoms with Crippen LogP contribution in [-0.4, -0.2) is 33.0 Å². The first-order chi connectivity index (χ1) is 11.5. The highest BCUT2D eigenvalue weighted by Gasteiger charge is 2.30. The van der Waals surface area contributed by atoms with Crippen molar-refractivity contribution in [2.24, 2.45) is 5.92 Å². The molecule has 24 heavy (non-hydrogen) atoms. The molecule has 1 atom stereocenters. The minimum absolute atomic E-state index is 0.0566. The lowest BCUT2D eigenvalue weighted by Crippen LogP contribution is -2.44. The highest BCUT2D eigenvalue weighted by molar-refractivity contribution is 5.81. The number of hydrogen-bond donors (Lipinski definition) is 0. The second-order valence-electron chi connectivity index (χ2n) is 6.79. The molecule has 3 rings (SSSR count). The fourth-order valence-electron chi connectivity index (χ4n) is 3.06. The minimum atomic E-state index is -0.471. The quantitative estimate of drug-likeness (QED) is 0.867. The van der Waals surface area contributed by atoms with Gasteiger partial charge in [0, 0.05) is 19.3 Å². The van der Waals surface area contributed by atoms with Gasteiger partial charge in [-0.2, -0.15) is 0 Å². The molecule has 0 aliphatic carbocycles. The van der Waals surface area contributed by atoms with E-state index in [0.717, 1.165) is 36.5 Å². The van der Waals surface area contributed by atoms with Gasteiger partial charge in [0.25, 0.3) is 5.91 Å². The summed E-state index contributed by atoms with van der Waals surface area (Å²) in [5.74, 6) is 0.911. The van der Waals surface area contributed by atoms with Crippen LogP contribution in [0.4, 0.5) is 0 Å². The molecule has 1 amide bonds. The molecule has 0 spiro atoms. The van der Waals surface area contributed by atoms with Crippen LogP contribution in [0, 0.1) is 12.8 Å². The molecule has 0 saturated heterocycles. The summed E-state index contributed by atoms with van der Waals surface area (Å²) < 4.78 is 8.19. The van der Waals surface area contributed by atoms with E-state index < -0.39 is 6.10 Å². The van der Waals surface area contributed by atoms with Gasteiger partial charge in [0.1, 0.15) is 5.75 Å². The number of ether oxygens (including phenoxy) is 1. The molecule has 5 heteroatoms. The topological polar surface area (TPSA) is 47.4 Å². The van der Waals surface area contributed by atoms with E-state index >= 15 is 0 Å². The van der Waals surface area contributed by atoms with Crippen LogP contribution in [-0.2, 0) is 17.9 Å². The van der Waals surface area contributed by atoms with Crippen molar-refractivity contribution in [1.29, 1.82) is 0 Å². The Morgan fingerprint density at radius 2 is 2.12 bits per heavy atom. The summed E-state index contributed by atoms with van der Waals surface area (Å²) in [5, 5.41) is 0. The van der Waals surface area contributed by atoms with E-state index in [1.54, 1.807) is 0 Å². The SMILES string of the molecule is Cc1cccc(O[C@H](C(=O)N2CCCn3cncc3C2)C(C)C)c1. The number of benzene rings is 1. The maximum Gasteiger partial charge on any atom is 0.264 e. The lowest BCUT2D eigenvalue weighted by atomic mass is 10.1. The maximum absolute atomic E-state index is 13.1. The second-order valence-corrected chi connectivity index (χ2v) is 6.79. The number of amides is 1.